The fourth-order valence-electron chi connectivity index (χ4n) is 2.46. The van der Waals surface area contributed by atoms with Gasteiger partial charge in [0.05, 0.1) is 12.8 Å². The number of hydrogen-bond donors (Lipinski definition) is 3. The molecule has 0 unspecified atom stereocenters. The van der Waals surface area contributed by atoms with Gasteiger partial charge in [0.25, 0.3) is 5.91 Å². The van der Waals surface area contributed by atoms with Crippen LogP contribution in [-0.2, 0) is 16.1 Å². The van der Waals surface area contributed by atoms with E-state index in [9.17, 15) is 23.6 Å². The largest absolute Gasteiger partial charge is 0.467 e. The van der Waals surface area contributed by atoms with Crippen LogP contribution in [0.4, 0.5) is 4.39 Å². The summed E-state index contributed by atoms with van der Waals surface area (Å²) in [6.07, 6.45) is 1.41. The second kappa shape index (κ2) is 8.82. The monoisotopic (exact) mass is 413 g/mol. The summed E-state index contributed by atoms with van der Waals surface area (Å²) in [6.45, 7) is 1.49. The Kier molecular flexibility index (Phi) is 6.01. The molecule has 3 rings (SSSR count). The highest BCUT2D eigenvalue weighted by atomic mass is 19.1. The SMILES string of the molecule is Cc1cc(=O)c(C(=O)NNC(=O)C(=O)NCc2ccco2)nn1-c1ccccc1F. The predicted octanol–water partition coefficient (Wildman–Crippen LogP) is 0.350. The van der Waals surface area contributed by atoms with Crippen molar-refractivity contribution < 1.29 is 23.2 Å². The summed E-state index contributed by atoms with van der Waals surface area (Å²) in [6, 6.07) is 10.00. The van der Waals surface area contributed by atoms with Crippen LogP contribution in [0.5, 0.6) is 0 Å². The minimum absolute atomic E-state index is 0.0277. The first-order valence-electron chi connectivity index (χ1n) is 8.63. The van der Waals surface area contributed by atoms with Gasteiger partial charge in [-0.05, 0) is 31.2 Å². The van der Waals surface area contributed by atoms with E-state index in [0.717, 1.165) is 10.7 Å². The van der Waals surface area contributed by atoms with E-state index in [1.165, 1.54) is 31.4 Å². The summed E-state index contributed by atoms with van der Waals surface area (Å²) in [5, 5.41) is 6.17. The van der Waals surface area contributed by atoms with Gasteiger partial charge in [0.1, 0.15) is 17.3 Å². The Morgan fingerprint density at radius 2 is 1.87 bits per heavy atom. The molecular weight excluding hydrogens is 397 g/mol. The summed E-state index contributed by atoms with van der Waals surface area (Å²) in [5.74, 6) is -3.46. The fourth-order valence-corrected chi connectivity index (χ4v) is 2.46. The zero-order chi connectivity index (χ0) is 21.7. The predicted molar refractivity (Wildman–Crippen MR) is 101 cm³/mol. The van der Waals surface area contributed by atoms with Crippen molar-refractivity contribution in [1.29, 1.82) is 0 Å². The molecule has 0 saturated heterocycles. The third kappa shape index (κ3) is 4.58. The Bertz CT molecular complexity index is 1160. The average molecular weight is 413 g/mol. The second-order valence-electron chi connectivity index (χ2n) is 6.03. The molecule has 0 radical (unpaired) electrons. The Morgan fingerprint density at radius 1 is 1.10 bits per heavy atom. The van der Waals surface area contributed by atoms with E-state index >= 15 is 0 Å². The zero-order valence-corrected chi connectivity index (χ0v) is 15.6. The summed E-state index contributed by atoms with van der Waals surface area (Å²) < 4.78 is 20.2. The molecule has 0 fully saturated rings. The van der Waals surface area contributed by atoms with Crippen molar-refractivity contribution in [3.05, 3.63) is 81.9 Å². The van der Waals surface area contributed by atoms with Crippen molar-refractivity contribution in [1.82, 2.24) is 25.9 Å². The lowest BCUT2D eigenvalue weighted by Crippen LogP contribution is -2.49. The number of benzene rings is 1. The van der Waals surface area contributed by atoms with E-state index in [2.05, 4.69) is 10.4 Å². The van der Waals surface area contributed by atoms with Crippen molar-refractivity contribution in [2.24, 2.45) is 0 Å². The molecule has 1 aromatic carbocycles. The number of nitrogens with zero attached hydrogens (tertiary/aromatic N) is 2. The molecule has 0 aliphatic carbocycles. The van der Waals surface area contributed by atoms with Crippen LogP contribution >= 0.6 is 0 Å². The van der Waals surface area contributed by atoms with Crippen LogP contribution in [-0.4, -0.2) is 27.5 Å². The van der Waals surface area contributed by atoms with E-state index in [1.54, 1.807) is 18.2 Å². The maximum atomic E-state index is 14.1. The Balaban J connectivity index is 1.68. The van der Waals surface area contributed by atoms with Crippen molar-refractivity contribution >= 4 is 17.7 Å². The molecule has 0 bridgehead atoms. The molecule has 0 aliphatic rings. The van der Waals surface area contributed by atoms with Crippen molar-refractivity contribution in [3.63, 3.8) is 0 Å². The molecule has 3 N–H and O–H groups in total. The third-order valence-electron chi connectivity index (χ3n) is 3.90. The highest BCUT2D eigenvalue weighted by molar-refractivity contribution is 6.35. The van der Waals surface area contributed by atoms with Crippen LogP contribution in [0.1, 0.15) is 21.9 Å². The Hall–Kier alpha value is -4.28. The van der Waals surface area contributed by atoms with Gasteiger partial charge in [-0.2, -0.15) is 5.10 Å². The molecular formula is C19H16FN5O5. The van der Waals surface area contributed by atoms with Crippen molar-refractivity contribution in [2.45, 2.75) is 13.5 Å². The van der Waals surface area contributed by atoms with Gasteiger partial charge in [0, 0.05) is 11.8 Å². The number of aryl methyl sites for hydroxylation is 1. The van der Waals surface area contributed by atoms with Gasteiger partial charge < -0.3 is 9.73 Å². The van der Waals surface area contributed by atoms with E-state index in [-0.39, 0.29) is 12.2 Å². The molecule has 10 nitrogen and oxygen atoms in total. The van der Waals surface area contributed by atoms with E-state index < -0.39 is 34.7 Å². The van der Waals surface area contributed by atoms with Crippen molar-refractivity contribution in [3.8, 4) is 5.69 Å². The summed E-state index contributed by atoms with van der Waals surface area (Å²) in [7, 11) is 0. The first kappa shape index (κ1) is 20.5. The molecule has 0 atom stereocenters. The molecule has 30 heavy (non-hydrogen) atoms. The zero-order valence-electron chi connectivity index (χ0n) is 15.6. The number of hydrogen-bond acceptors (Lipinski definition) is 6. The minimum Gasteiger partial charge on any atom is -0.467 e. The number of furan rings is 1. The van der Waals surface area contributed by atoms with Crippen LogP contribution in [0.25, 0.3) is 5.69 Å². The topological polar surface area (TPSA) is 135 Å². The van der Waals surface area contributed by atoms with Gasteiger partial charge >= 0.3 is 11.8 Å². The number of aromatic nitrogens is 2. The number of halogens is 1. The van der Waals surface area contributed by atoms with Crippen LogP contribution in [0.2, 0.25) is 0 Å². The molecule has 0 saturated carbocycles. The number of amides is 3. The van der Waals surface area contributed by atoms with Gasteiger partial charge in [-0.1, -0.05) is 12.1 Å². The van der Waals surface area contributed by atoms with Crippen LogP contribution in [0, 0.1) is 12.7 Å². The first-order chi connectivity index (χ1) is 14.4. The lowest BCUT2D eigenvalue weighted by Gasteiger charge is -2.12. The lowest BCUT2D eigenvalue weighted by molar-refractivity contribution is -0.139. The van der Waals surface area contributed by atoms with E-state index in [1.807, 2.05) is 10.9 Å². The maximum absolute atomic E-state index is 14.1. The molecule has 0 spiro atoms. The Morgan fingerprint density at radius 3 is 2.57 bits per heavy atom. The highest BCUT2D eigenvalue weighted by Crippen LogP contribution is 2.13. The number of carbonyl (C=O) groups is 3. The van der Waals surface area contributed by atoms with E-state index in [4.69, 9.17) is 4.42 Å². The summed E-state index contributed by atoms with van der Waals surface area (Å²) >= 11 is 0. The van der Waals surface area contributed by atoms with Crippen LogP contribution in [0.3, 0.4) is 0 Å². The van der Waals surface area contributed by atoms with Crippen LogP contribution in [0.15, 0.2) is 57.9 Å². The summed E-state index contributed by atoms with van der Waals surface area (Å²) in [5.41, 5.74) is 2.80. The smallest absolute Gasteiger partial charge is 0.327 e. The molecule has 0 aliphatic heterocycles. The molecule has 3 aromatic rings. The molecule has 2 aromatic heterocycles. The van der Waals surface area contributed by atoms with Crippen LogP contribution < -0.4 is 21.6 Å². The number of para-hydroxylation sites is 1. The van der Waals surface area contributed by atoms with Gasteiger partial charge in [-0.25, -0.2) is 9.07 Å². The Labute approximate surface area is 168 Å². The van der Waals surface area contributed by atoms with E-state index in [0.29, 0.717) is 11.5 Å². The normalized spacial score (nSPS) is 10.3. The summed E-state index contributed by atoms with van der Waals surface area (Å²) in [4.78, 5) is 47.9. The maximum Gasteiger partial charge on any atom is 0.327 e. The lowest BCUT2D eigenvalue weighted by atomic mass is 10.2. The number of carbonyl (C=O) groups excluding carboxylic acids is 3. The third-order valence-corrected chi connectivity index (χ3v) is 3.90. The molecule has 154 valence electrons. The van der Waals surface area contributed by atoms with Gasteiger partial charge in [-0.3, -0.25) is 30.0 Å². The standard InChI is InChI=1S/C19H16FN5O5/c1-11-9-15(26)16(24-25(11)14-7-3-2-6-13(14)20)17(27)22-23-19(29)18(28)21-10-12-5-4-8-30-12/h2-9H,10H2,1H3,(H,21,28)(H,22,27)(H,23,29). The number of nitrogens with one attached hydrogen (secondary N) is 3. The van der Waals surface area contributed by atoms with Gasteiger partial charge in [0.15, 0.2) is 5.69 Å². The number of hydrazine groups is 1. The first-order valence-corrected chi connectivity index (χ1v) is 8.63. The second-order valence-corrected chi connectivity index (χ2v) is 6.03. The van der Waals surface area contributed by atoms with Crippen molar-refractivity contribution in [2.75, 3.05) is 0 Å². The molecule has 2 heterocycles. The molecule has 3 amide bonds. The quantitative estimate of drug-likeness (QED) is 0.417. The highest BCUT2D eigenvalue weighted by Gasteiger charge is 2.19. The molecule has 11 heteroatoms. The fraction of sp³-hybridized carbons (Fsp3) is 0.105. The number of rotatable bonds is 4. The average Bonchev–Trinajstić information content (AvgIpc) is 3.24. The minimum atomic E-state index is -1.17. The van der Waals surface area contributed by atoms with Gasteiger partial charge in [0.2, 0.25) is 5.43 Å². The van der Waals surface area contributed by atoms with Gasteiger partial charge in [-0.15, -0.1) is 0 Å².